The van der Waals surface area contributed by atoms with Gasteiger partial charge < -0.3 is 26.2 Å². The normalized spacial score (nSPS) is 19.9. The summed E-state index contributed by atoms with van der Waals surface area (Å²) in [7, 11) is 0. The van der Waals surface area contributed by atoms with Gasteiger partial charge in [-0.25, -0.2) is 9.37 Å². The Kier molecular flexibility index (Phi) is 7.61. The number of hydrogen-bond acceptors (Lipinski definition) is 7. The topological polar surface area (TPSA) is 157 Å². The van der Waals surface area contributed by atoms with Crippen molar-refractivity contribution in [1.82, 2.24) is 15.3 Å². The van der Waals surface area contributed by atoms with Crippen LogP contribution in [0.2, 0.25) is 0 Å². The van der Waals surface area contributed by atoms with Gasteiger partial charge in [0.25, 0.3) is 5.91 Å². The van der Waals surface area contributed by atoms with Crippen molar-refractivity contribution in [3.8, 4) is 17.0 Å². The van der Waals surface area contributed by atoms with Crippen molar-refractivity contribution in [2.24, 2.45) is 17.6 Å². The lowest BCUT2D eigenvalue weighted by Gasteiger charge is -2.32. The molecule has 0 radical (unpaired) electrons. The summed E-state index contributed by atoms with van der Waals surface area (Å²) in [5.74, 6) is -3.10. The fourth-order valence-electron chi connectivity index (χ4n) is 6.42. The number of halogens is 4. The van der Waals surface area contributed by atoms with Crippen molar-refractivity contribution in [3.63, 3.8) is 0 Å². The monoisotopic (exact) mass is 677 g/mol. The van der Waals surface area contributed by atoms with E-state index in [1.54, 1.807) is 19.2 Å². The number of carbonyl (C=O) groups is 3. The number of nitrogens with zero attached hydrogens (tertiary/aromatic N) is 2. The van der Waals surface area contributed by atoms with Crippen LogP contribution in [-0.4, -0.2) is 52.1 Å². The fourth-order valence-corrected chi connectivity index (χ4v) is 6.42. The van der Waals surface area contributed by atoms with E-state index < -0.39 is 47.1 Å². The second kappa shape index (κ2) is 11.5. The maximum atomic E-state index is 15.0. The first-order valence-electron chi connectivity index (χ1n) is 15.7. The van der Waals surface area contributed by atoms with Crippen molar-refractivity contribution in [3.05, 3.63) is 82.9 Å². The summed E-state index contributed by atoms with van der Waals surface area (Å²) in [6.07, 6.45) is -1.19. The van der Waals surface area contributed by atoms with Crippen LogP contribution in [0.15, 0.2) is 54.7 Å². The number of amides is 3. The van der Waals surface area contributed by atoms with E-state index in [1.165, 1.54) is 24.3 Å². The molecule has 2 aliphatic carbocycles. The molecule has 7 rings (SSSR count). The molecule has 49 heavy (non-hydrogen) atoms. The van der Waals surface area contributed by atoms with Crippen LogP contribution >= 0.6 is 0 Å². The Bertz CT molecular complexity index is 2030. The maximum Gasteiger partial charge on any atom is 0.424 e. The highest BCUT2D eigenvalue weighted by Crippen LogP contribution is 2.56. The van der Waals surface area contributed by atoms with Crippen LogP contribution in [0.1, 0.15) is 52.9 Å². The number of pyridine rings is 2. The number of benzene rings is 2. The molecular weight excluding hydrogens is 646 g/mol. The summed E-state index contributed by atoms with van der Waals surface area (Å²) in [5, 5.41) is 16.9. The largest absolute Gasteiger partial charge is 0.489 e. The van der Waals surface area contributed by atoms with E-state index in [2.05, 4.69) is 20.6 Å². The van der Waals surface area contributed by atoms with Gasteiger partial charge in [-0.3, -0.25) is 19.4 Å². The number of aromatic nitrogens is 2. The average Bonchev–Trinajstić information content (AvgIpc) is 4.00. The van der Waals surface area contributed by atoms with Gasteiger partial charge in [0.1, 0.15) is 29.3 Å². The molecule has 2 atom stereocenters. The molecule has 5 N–H and O–H groups in total. The van der Waals surface area contributed by atoms with Crippen molar-refractivity contribution < 1.29 is 41.8 Å². The molecule has 0 unspecified atom stereocenters. The summed E-state index contributed by atoms with van der Waals surface area (Å²) in [6.45, 7) is 0.167. The first kappa shape index (κ1) is 32.4. The quantitative estimate of drug-likeness (QED) is 0.186. The summed E-state index contributed by atoms with van der Waals surface area (Å²) >= 11 is 0. The van der Waals surface area contributed by atoms with Crippen LogP contribution < -0.4 is 21.1 Å². The van der Waals surface area contributed by atoms with E-state index in [0.717, 1.165) is 36.6 Å². The third-order valence-electron chi connectivity index (χ3n) is 9.51. The number of fused-ring (bicyclic) bond motifs is 2. The SMILES string of the molecule is Cc1cnc2c(NC(=O)C3CC3)cc(C(=O)NC[C@](O)(c3cc4c(c(-c5ccc(F)cc5)n3)OC[C@@]4(C(N)=O)C3CC3)C(F)(F)F)cc2c1. The van der Waals surface area contributed by atoms with Gasteiger partial charge in [0.15, 0.2) is 0 Å². The minimum absolute atomic E-state index is 0.00968. The van der Waals surface area contributed by atoms with Crippen LogP contribution in [0.3, 0.4) is 0 Å². The molecule has 14 heteroatoms. The maximum absolute atomic E-state index is 15.0. The lowest BCUT2D eigenvalue weighted by atomic mass is 9.76. The summed E-state index contributed by atoms with van der Waals surface area (Å²) < 4.78 is 64.6. The van der Waals surface area contributed by atoms with Crippen LogP contribution in [0.5, 0.6) is 5.75 Å². The second-order valence-corrected chi connectivity index (χ2v) is 13.1. The molecule has 3 aliphatic rings. The van der Waals surface area contributed by atoms with Gasteiger partial charge in [-0.05, 0) is 92.6 Å². The van der Waals surface area contributed by atoms with Crippen molar-refractivity contribution in [1.29, 1.82) is 0 Å². The summed E-state index contributed by atoms with van der Waals surface area (Å²) in [5.41, 5.74) is 1.04. The Hall–Kier alpha value is -5.11. The lowest BCUT2D eigenvalue weighted by molar-refractivity contribution is -0.265. The second-order valence-electron chi connectivity index (χ2n) is 13.1. The van der Waals surface area contributed by atoms with E-state index in [0.29, 0.717) is 23.7 Å². The Balaban J connectivity index is 1.29. The smallest absolute Gasteiger partial charge is 0.424 e. The number of aliphatic hydroxyl groups is 1. The van der Waals surface area contributed by atoms with E-state index in [9.17, 15) is 37.1 Å². The Morgan fingerprint density at radius 3 is 2.41 bits per heavy atom. The molecule has 0 saturated heterocycles. The number of ether oxygens (including phenoxy) is 1. The van der Waals surface area contributed by atoms with Crippen LogP contribution in [0, 0.1) is 24.6 Å². The van der Waals surface area contributed by atoms with Gasteiger partial charge in [0.05, 0.1) is 23.4 Å². The Labute approximate surface area is 277 Å². The zero-order valence-electron chi connectivity index (χ0n) is 26.2. The number of carbonyl (C=O) groups excluding carboxylic acids is 3. The summed E-state index contributed by atoms with van der Waals surface area (Å²) in [6, 6.07) is 10.2. The standard InChI is InChI=1S/C35H31F4N5O5/c1-17-10-20-11-21(12-25(27(20)41-14-17)43-31(46)19-2-3-19)30(45)42-15-34(48,35(37,38)39)26-13-24-29(28(44-26)18-4-8-23(36)9-5-18)49-16-33(24,32(40)47)22-6-7-22/h4-5,8-14,19,22,48H,2-3,6-7,15-16H2,1H3,(H2,40,47)(H,42,45)(H,43,46)/t33-,34+/m1/s1. The van der Waals surface area contributed by atoms with Gasteiger partial charge in [-0.15, -0.1) is 0 Å². The zero-order chi connectivity index (χ0) is 34.9. The third kappa shape index (κ3) is 5.63. The minimum atomic E-state index is -5.39. The first-order valence-corrected chi connectivity index (χ1v) is 15.7. The fraction of sp³-hybridized carbons (Fsp3) is 0.343. The minimum Gasteiger partial charge on any atom is -0.489 e. The van der Waals surface area contributed by atoms with Gasteiger partial charge in [0.2, 0.25) is 17.4 Å². The molecule has 254 valence electrons. The van der Waals surface area contributed by atoms with Gasteiger partial charge >= 0.3 is 6.18 Å². The molecule has 0 spiro atoms. The number of aryl methyl sites for hydroxylation is 1. The molecule has 2 saturated carbocycles. The van der Waals surface area contributed by atoms with Gasteiger partial charge in [0, 0.05) is 34.2 Å². The van der Waals surface area contributed by atoms with Crippen molar-refractivity contribution in [2.75, 3.05) is 18.5 Å². The van der Waals surface area contributed by atoms with Gasteiger partial charge in [-0.2, -0.15) is 13.2 Å². The molecule has 0 bridgehead atoms. The number of alkyl halides is 3. The molecule has 3 amide bonds. The van der Waals surface area contributed by atoms with Crippen molar-refractivity contribution >= 4 is 34.3 Å². The van der Waals surface area contributed by atoms with Crippen molar-refractivity contribution in [2.45, 2.75) is 49.8 Å². The van der Waals surface area contributed by atoms with Crippen LogP contribution in [-0.2, 0) is 20.6 Å². The predicted molar refractivity (Wildman–Crippen MR) is 169 cm³/mol. The molecule has 2 aromatic carbocycles. The highest BCUT2D eigenvalue weighted by molar-refractivity contribution is 6.06. The molecule has 2 fully saturated rings. The third-order valence-corrected chi connectivity index (χ3v) is 9.51. The molecule has 2 aromatic heterocycles. The number of primary amides is 1. The first-order chi connectivity index (χ1) is 23.2. The Morgan fingerprint density at radius 1 is 1.06 bits per heavy atom. The molecule has 3 heterocycles. The summed E-state index contributed by atoms with van der Waals surface area (Å²) in [4.78, 5) is 47.6. The van der Waals surface area contributed by atoms with E-state index in [4.69, 9.17) is 10.5 Å². The predicted octanol–water partition coefficient (Wildman–Crippen LogP) is 4.80. The number of hydrogen-bond donors (Lipinski definition) is 4. The van der Waals surface area contributed by atoms with Gasteiger partial charge in [-0.1, -0.05) is 0 Å². The molecule has 4 aromatic rings. The number of anilines is 1. The number of nitrogens with one attached hydrogen (secondary N) is 2. The Morgan fingerprint density at radius 2 is 1.78 bits per heavy atom. The van der Waals surface area contributed by atoms with Crippen LogP contribution in [0.4, 0.5) is 23.2 Å². The highest BCUT2D eigenvalue weighted by Gasteiger charge is 2.60. The van der Waals surface area contributed by atoms with E-state index >= 15 is 0 Å². The van der Waals surface area contributed by atoms with E-state index in [1.807, 2.05) is 0 Å². The number of rotatable bonds is 9. The molecule has 1 aliphatic heterocycles. The average molecular weight is 678 g/mol. The highest BCUT2D eigenvalue weighted by atomic mass is 19.4. The number of nitrogens with two attached hydrogens (primary N) is 1. The van der Waals surface area contributed by atoms with Crippen LogP contribution in [0.25, 0.3) is 22.2 Å². The van der Waals surface area contributed by atoms with E-state index in [-0.39, 0.29) is 58.2 Å². The molecular formula is C35H31F4N5O5. The zero-order valence-corrected chi connectivity index (χ0v) is 26.2. The molecule has 10 nitrogen and oxygen atoms in total. The lowest BCUT2D eigenvalue weighted by Crippen LogP contribution is -2.52.